The molecular formula is C12H17FN2O2S. The Morgan fingerprint density at radius 2 is 2.22 bits per heavy atom. The highest BCUT2D eigenvalue weighted by Gasteiger charge is 2.14. The zero-order valence-electron chi connectivity index (χ0n) is 10.4. The Bertz CT molecular complexity index is 465. The second-order valence-electron chi connectivity index (χ2n) is 4.02. The number of nitrogens with two attached hydrogens (primary N) is 1. The molecule has 0 saturated heterocycles. The molecule has 0 aromatic heterocycles. The minimum Gasteiger partial charge on any atom is -0.397 e. The molecule has 2 atom stereocenters. The molecule has 0 fully saturated rings. The molecule has 18 heavy (non-hydrogen) atoms. The minimum absolute atomic E-state index is 0.0411. The average molecular weight is 272 g/mol. The van der Waals surface area contributed by atoms with Crippen LogP contribution in [0.5, 0.6) is 0 Å². The van der Waals surface area contributed by atoms with Crippen molar-refractivity contribution >= 4 is 28.1 Å². The van der Waals surface area contributed by atoms with Gasteiger partial charge in [0.2, 0.25) is 5.91 Å². The molecule has 0 heterocycles. The molecule has 2 unspecified atom stereocenters. The van der Waals surface area contributed by atoms with Crippen LogP contribution in [-0.2, 0) is 15.6 Å². The number of carbonyl (C=O) groups is 1. The summed E-state index contributed by atoms with van der Waals surface area (Å²) in [4.78, 5) is 11.6. The van der Waals surface area contributed by atoms with Gasteiger partial charge in [0.1, 0.15) is 11.6 Å². The lowest BCUT2D eigenvalue weighted by molar-refractivity contribution is -0.113. The number of hydrogen-bond donors (Lipinski definition) is 2. The lowest BCUT2D eigenvalue weighted by atomic mass is 10.2. The number of hydrogen-bond acceptors (Lipinski definition) is 3. The Hall–Kier alpha value is -1.43. The third-order valence-corrected chi connectivity index (χ3v) is 4.36. The van der Waals surface area contributed by atoms with Gasteiger partial charge in [-0.25, -0.2) is 4.39 Å². The molecule has 1 aromatic rings. The maximum atomic E-state index is 13.0. The maximum Gasteiger partial charge on any atom is 0.237 e. The van der Waals surface area contributed by atoms with Crippen LogP contribution in [0.4, 0.5) is 15.8 Å². The molecule has 1 aromatic carbocycles. The minimum atomic E-state index is -1.23. The molecule has 1 rings (SSSR count). The largest absolute Gasteiger partial charge is 0.397 e. The predicted molar refractivity (Wildman–Crippen MR) is 72.2 cm³/mol. The van der Waals surface area contributed by atoms with E-state index in [4.69, 9.17) is 5.73 Å². The van der Waals surface area contributed by atoms with Crippen molar-refractivity contribution in [3.63, 3.8) is 0 Å². The fourth-order valence-electron chi connectivity index (χ4n) is 1.28. The van der Waals surface area contributed by atoms with Crippen LogP contribution in [0, 0.1) is 5.82 Å². The van der Waals surface area contributed by atoms with E-state index in [0.29, 0.717) is 0 Å². The van der Waals surface area contributed by atoms with Crippen molar-refractivity contribution in [3.05, 3.63) is 24.0 Å². The number of amides is 1. The van der Waals surface area contributed by atoms with Crippen LogP contribution in [0.15, 0.2) is 18.2 Å². The van der Waals surface area contributed by atoms with Gasteiger partial charge in [-0.05, 0) is 24.6 Å². The molecule has 100 valence electrons. The lowest BCUT2D eigenvalue weighted by Crippen LogP contribution is -2.24. The van der Waals surface area contributed by atoms with E-state index in [1.165, 1.54) is 12.1 Å². The zero-order valence-corrected chi connectivity index (χ0v) is 11.2. The quantitative estimate of drug-likeness (QED) is 0.804. The summed E-state index contributed by atoms with van der Waals surface area (Å²) < 4.78 is 24.6. The van der Waals surface area contributed by atoms with Gasteiger partial charge in [0.05, 0.1) is 11.4 Å². The topological polar surface area (TPSA) is 72.2 Å². The van der Waals surface area contributed by atoms with E-state index in [-0.39, 0.29) is 22.4 Å². The first-order chi connectivity index (χ1) is 8.43. The van der Waals surface area contributed by atoms with Gasteiger partial charge in [0.15, 0.2) is 0 Å². The SMILES string of the molecule is CCC(C)S(=O)CC(=O)Nc1cc(F)ccc1N. The average Bonchev–Trinajstić information content (AvgIpc) is 2.32. The normalized spacial score (nSPS) is 13.9. The number of nitrogens with one attached hydrogen (secondary N) is 1. The number of nitrogen functional groups attached to an aromatic ring is 1. The van der Waals surface area contributed by atoms with Crippen LogP contribution in [0.2, 0.25) is 0 Å². The Morgan fingerprint density at radius 3 is 2.83 bits per heavy atom. The highest BCUT2D eigenvalue weighted by atomic mass is 32.2. The van der Waals surface area contributed by atoms with Crippen molar-refractivity contribution < 1.29 is 13.4 Å². The number of rotatable bonds is 5. The van der Waals surface area contributed by atoms with Gasteiger partial charge < -0.3 is 11.1 Å². The van der Waals surface area contributed by atoms with Gasteiger partial charge in [-0.3, -0.25) is 9.00 Å². The van der Waals surface area contributed by atoms with Gasteiger partial charge in [-0.15, -0.1) is 0 Å². The standard InChI is InChI=1S/C12H17FN2O2S/c1-3-8(2)18(17)7-12(16)15-11-6-9(13)4-5-10(11)14/h4-6,8H,3,7,14H2,1-2H3,(H,15,16). The summed E-state index contributed by atoms with van der Waals surface area (Å²) in [6, 6.07) is 3.72. The summed E-state index contributed by atoms with van der Waals surface area (Å²) in [5.41, 5.74) is 6.08. The Kier molecular flexibility index (Phi) is 5.27. The van der Waals surface area contributed by atoms with Crippen molar-refractivity contribution in [1.29, 1.82) is 0 Å². The third kappa shape index (κ3) is 4.10. The fraction of sp³-hybridized carbons (Fsp3) is 0.417. The molecule has 1 amide bonds. The summed E-state index contributed by atoms with van der Waals surface area (Å²) in [5, 5.41) is 2.42. The smallest absolute Gasteiger partial charge is 0.237 e. The molecule has 0 bridgehead atoms. The van der Waals surface area contributed by atoms with Crippen molar-refractivity contribution in [2.24, 2.45) is 0 Å². The number of benzene rings is 1. The molecule has 0 spiro atoms. The third-order valence-electron chi connectivity index (χ3n) is 2.59. The van der Waals surface area contributed by atoms with E-state index in [9.17, 15) is 13.4 Å². The van der Waals surface area contributed by atoms with Crippen LogP contribution in [0.3, 0.4) is 0 Å². The van der Waals surface area contributed by atoms with Crippen LogP contribution in [-0.4, -0.2) is 21.1 Å². The van der Waals surface area contributed by atoms with Crippen molar-refractivity contribution in [1.82, 2.24) is 0 Å². The van der Waals surface area contributed by atoms with Gasteiger partial charge in [-0.2, -0.15) is 0 Å². The molecule has 4 nitrogen and oxygen atoms in total. The van der Waals surface area contributed by atoms with E-state index < -0.39 is 22.5 Å². The molecule has 3 N–H and O–H groups in total. The molecule has 0 aliphatic heterocycles. The molecule has 0 radical (unpaired) electrons. The molecule has 6 heteroatoms. The molecule has 0 aliphatic carbocycles. The van der Waals surface area contributed by atoms with E-state index in [1.807, 2.05) is 13.8 Å². The summed E-state index contributed by atoms with van der Waals surface area (Å²) in [6.07, 6.45) is 0.738. The van der Waals surface area contributed by atoms with Gasteiger partial charge in [0, 0.05) is 16.0 Å². The van der Waals surface area contributed by atoms with Crippen LogP contribution in [0.25, 0.3) is 0 Å². The van der Waals surface area contributed by atoms with Crippen molar-refractivity contribution in [2.75, 3.05) is 16.8 Å². The zero-order chi connectivity index (χ0) is 13.7. The molecule has 0 saturated carbocycles. The Labute approximate surface area is 108 Å². The first kappa shape index (κ1) is 14.6. The van der Waals surface area contributed by atoms with Crippen molar-refractivity contribution in [3.8, 4) is 0 Å². The first-order valence-corrected chi connectivity index (χ1v) is 7.04. The predicted octanol–water partition coefficient (Wildman–Crippen LogP) is 1.89. The Balaban J connectivity index is 2.65. The second-order valence-corrected chi connectivity index (χ2v) is 5.88. The van der Waals surface area contributed by atoms with E-state index >= 15 is 0 Å². The van der Waals surface area contributed by atoms with Crippen LogP contribution >= 0.6 is 0 Å². The van der Waals surface area contributed by atoms with Gasteiger partial charge in [0.25, 0.3) is 0 Å². The van der Waals surface area contributed by atoms with E-state index in [0.717, 1.165) is 12.5 Å². The number of halogens is 1. The summed E-state index contributed by atoms with van der Waals surface area (Å²) in [5.74, 6) is -1.02. The van der Waals surface area contributed by atoms with E-state index in [2.05, 4.69) is 5.32 Å². The summed E-state index contributed by atoms with van der Waals surface area (Å²) >= 11 is 0. The number of anilines is 2. The van der Waals surface area contributed by atoms with E-state index in [1.54, 1.807) is 0 Å². The molecule has 0 aliphatic rings. The second kappa shape index (κ2) is 6.49. The maximum absolute atomic E-state index is 13.0. The highest BCUT2D eigenvalue weighted by molar-refractivity contribution is 7.86. The summed E-state index contributed by atoms with van der Waals surface area (Å²) in [7, 11) is -1.23. The first-order valence-electron chi connectivity index (χ1n) is 5.66. The van der Waals surface area contributed by atoms with Gasteiger partial charge in [-0.1, -0.05) is 13.8 Å². The van der Waals surface area contributed by atoms with Crippen LogP contribution in [0.1, 0.15) is 20.3 Å². The highest BCUT2D eigenvalue weighted by Crippen LogP contribution is 2.19. The number of carbonyl (C=O) groups excluding carboxylic acids is 1. The monoisotopic (exact) mass is 272 g/mol. The lowest BCUT2D eigenvalue weighted by Gasteiger charge is -2.10. The van der Waals surface area contributed by atoms with Crippen LogP contribution < -0.4 is 11.1 Å². The summed E-state index contributed by atoms with van der Waals surface area (Å²) in [6.45, 7) is 3.73. The molecular weight excluding hydrogens is 255 g/mol. The van der Waals surface area contributed by atoms with Gasteiger partial charge >= 0.3 is 0 Å². The Morgan fingerprint density at radius 1 is 1.56 bits per heavy atom. The fourth-order valence-corrected chi connectivity index (χ4v) is 2.27. The van der Waals surface area contributed by atoms with Crippen molar-refractivity contribution in [2.45, 2.75) is 25.5 Å².